The fraction of sp³-hybridized carbons (Fsp3) is 0.438. The van der Waals surface area contributed by atoms with E-state index in [0.717, 1.165) is 23.6 Å². The molecule has 2 unspecified atom stereocenters. The Labute approximate surface area is 214 Å². The standard InChI is InChI=1S/C32H44O2Si/c1-6-7-8-18-25-35(31(3,4)5,30-23-16-11-17-24-30)34-32(26-27(2)33,28-19-12-9-13-20-28)29-21-14-10-15-22-29/h9-17,19-24,27,33H,6-8,18,25-26H2,1-5H3. The van der Waals surface area contributed by atoms with Gasteiger partial charge in [0.2, 0.25) is 8.32 Å². The number of hydrogen-bond donors (Lipinski definition) is 1. The molecule has 0 spiro atoms. The number of hydrogen-bond acceptors (Lipinski definition) is 2. The number of aliphatic hydroxyl groups is 1. The lowest BCUT2D eigenvalue weighted by molar-refractivity contribution is 0.0337. The van der Waals surface area contributed by atoms with Gasteiger partial charge in [-0.05, 0) is 34.3 Å². The molecule has 0 aliphatic heterocycles. The van der Waals surface area contributed by atoms with Crippen molar-refractivity contribution in [1.82, 2.24) is 0 Å². The van der Waals surface area contributed by atoms with E-state index in [9.17, 15) is 5.11 Å². The second-order valence-corrected chi connectivity index (χ2v) is 15.4. The van der Waals surface area contributed by atoms with Crippen LogP contribution in [0.15, 0.2) is 91.0 Å². The van der Waals surface area contributed by atoms with Gasteiger partial charge in [-0.15, -0.1) is 0 Å². The summed E-state index contributed by atoms with van der Waals surface area (Å²) in [5.41, 5.74) is 1.48. The van der Waals surface area contributed by atoms with Crippen molar-refractivity contribution < 1.29 is 9.53 Å². The van der Waals surface area contributed by atoms with Crippen molar-refractivity contribution in [3.05, 3.63) is 102 Å². The summed E-state index contributed by atoms with van der Waals surface area (Å²) in [6.07, 6.45) is 4.83. The molecule has 0 amide bonds. The maximum absolute atomic E-state index is 10.9. The van der Waals surface area contributed by atoms with Crippen molar-refractivity contribution in [3.63, 3.8) is 0 Å². The Kier molecular flexibility index (Phi) is 9.52. The van der Waals surface area contributed by atoms with Crippen molar-refractivity contribution in [2.24, 2.45) is 0 Å². The quantitative estimate of drug-likeness (QED) is 0.207. The van der Waals surface area contributed by atoms with E-state index >= 15 is 0 Å². The van der Waals surface area contributed by atoms with E-state index in [2.05, 4.69) is 119 Å². The lowest BCUT2D eigenvalue weighted by Crippen LogP contribution is -2.62. The Balaban J connectivity index is 2.28. The molecule has 0 aliphatic rings. The van der Waals surface area contributed by atoms with Crippen LogP contribution in [0.1, 0.15) is 77.8 Å². The van der Waals surface area contributed by atoms with E-state index in [1.807, 2.05) is 6.92 Å². The van der Waals surface area contributed by atoms with E-state index < -0.39 is 20.0 Å². The molecule has 0 heterocycles. The third-order valence-electron chi connectivity index (χ3n) is 7.25. The van der Waals surface area contributed by atoms with Crippen LogP contribution in [-0.2, 0) is 10.0 Å². The van der Waals surface area contributed by atoms with E-state index in [-0.39, 0.29) is 5.04 Å². The molecule has 0 fully saturated rings. The van der Waals surface area contributed by atoms with Crippen LogP contribution >= 0.6 is 0 Å². The first-order valence-corrected chi connectivity index (χ1v) is 15.4. The van der Waals surface area contributed by atoms with Crippen LogP contribution in [0.5, 0.6) is 0 Å². The monoisotopic (exact) mass is 488 g/mol. The number of unbranched alkanes of at least 4 members (excludes halogenated alkanes) is 3. The molecule has 3 aromatic rings. The molecule has 0 aliphatic carbocycles. The van der Waals surface area contributed by atoms with E-state index in [4.69, 9.17) is 4.43 Å². The second kappa shape index (κ2) is 12.2. The van der Waals surface area contributed by atoms with Gasteiger partial charge < -0.3 is 9.53 Å². The Bertz CT molecular complexity index is 956. The minimum atomic E-state index is -2.60. The minimum Gasteiger partial charge on any atom is -0.398 e. The molecule has 0 radical (unpaired) electrons. The van der Waals surface area contributed by atoms with Gasteiger partial charge in [0.1, 0.15) is 5.60 Å². The first kappa shape index (κ1) is 27.4. The molecule has 0 bridgehead atoms. The van der Waals surface area contributed by atoms with Crippen molar-refractivity contribution in [2.75, 3.05) is 0 Å². The molecule has 0 saturated heterocycles. The number of benzene rings is 3. The number of rotatable bonds is 12. The molecule has 188 valence electrons. The van der Waals surface area contributed by atoms with Gasteiger partial charge in [0, 0.05) is 6.42 Å². The average molecular weight is 489 g/mol. The molecular formula is C32H44O2Si. The van der Waals surface area contributed by atoms with Crippen molar-refractivity contribution in [2.45, 2.75) is 89.5 Å². The lowest BCUT2D eigenvalue weighted by Gasteiger charge is -2.50. The Morgan fingerprint density at radius 1 is 0.743 bits per heavy atom. The summed E-state index contributed by atoms with van der Waals surface area (Å²) < 4.78 is 7.82. The third kappa shape index (κ3) is 6.33. The molecule has 1 N–H and O–H groups in total. The predicted octanol–water partition coefficient (Wildman–Crippen LogP) is 7.95. The lowest BCUT2D eigenvalue weighted by atomic mass is 9.82. The molecular weight excluding hydrogens is 444 g/mol. The zero-order valence-corrected chi connectivity index (χ0v) is 23.3. The zero-order chi connectivity index (χ0) is 25.4. The summed E-state index contributed by atoms with van der Waals surface area (Å²) in [4.78, 5) is 0. The highest BCUT2D eigenvalue weighted by Crippen LogP contribution is 2.49. The van der Waals surface area contributed by atoms with Gasteiger partial charge >= 0.3 is 0 Å². The SMILES string of the molecule is CCCCCC[Si](OC(CC(C)O)(c1ccccc1)c1ccccc1)(c1ccccc1)C(C)(C)C. The molecule has 3 heteroatoms. The van der Waals surface area contributed by atoms with E-state index in [1.165, 1.54) is 24.4 Å². The van der Waals surface area contributed by atoms with Crippen LogP contribution in [0, 0.1) is 0 Å². The summed E-state index contributed by atoms with van der Waals surface area (Å²) >= 11 is 0. The van der Waals surface area contributed by atoms with Gasteiger partial charge in [0.05, 0.1) is 6.10 Å². The first-order chi connectivity index (χ1) is 16.7. The Morgan fingerprint density at radius 3 is 1.66 bits per heavy atom. The van der Waals surface area contributed by atoms with Gasteiger partial charge in [-0.25, -0.2) is 0 Å². The number of aliphatic hydroxyl groups excluding tert-OH is 1. The average Bonchev–Trinajstić information content (AvgIpc) is 2.86. The van der Waals surface area contributed by atoms with Crippen LogP contribution < -0.4 is 5.19 Å². The molecule has 2 nitrogen and oxygen atoms in total. The van der Waals surface area contributed by atoms with Gasteiger partial charge in [0.15, 0.2) is 0 Å². The fourth-order valence-corrected chi connectivity index (χ4v) is 10.2. The van der Waals surface area contributed by atoms with Crippen LogP contribution in [0.3, 0.4) is 0 Å². The first-order valence-electron chi connectivity index (χ1n) is 13.3. The Hall–Kier alpha value is -2.20. The highest BCUT2D eigenvalue weighted by atomic mass is 28.4. The summed E-state index contributed by atoms with van der Waals surface area (Å²) in [7, 11) is -2.60. The van der Waals surface area contributed by atoms with Crippen LogP contribution in [-0.4, -0.2) is 19.5 Å². The summed E-state index contributed by atoms with van der Waals surface area (Å²) in [6, 6.07) is 33.1. The van der Waals surface area contributed by atoms with Gasteiger partial charge in [0.25, 0.3) is 0 Å². The molecule has 0 saturated carbocycles. The molecule has 0 aromatic heterocycles. The second-order valence-electron chi connectivity index (χ2n) is 11.0. The zero-order valence-electron chi connectivity index (χ0n) is 22.3. The minimum absolute atomic E-state index is 0.0475. The molecule has 3 rings (SSSR count). The summed E-state index contributed by atoms with van der Waals surface area (Å²) in [5, 5.41) is 12.2. The highest BCUT2D eigenvalue weighted by Gasteiger charge is 2.53. The summed E-state index contributed by atoms with van der Waals surface area (Å²) in [6.45, 7) is 11.2. The maximum Gasteiger partial charge on any atom is 0.231 e. The van der Waals surface area contributed by atoms with Crippen LogP contribution in [0.4, 0.5) is 0 Å². The van der Waals surface area contributed by atoms with Crippen LogP contribution in [0.25, 0.3) is 0 Å². The smallest absolute Gasteiger partial charge is 0.231 e. The maximum atomic E-state index is 10.9. The van der Waals surface area contributed by atoms with Gasteiger partial charge in [-0.1, -0.05) is 144 Å². The third-order valence-corrected chi connectivity index (χ3v) is 12.7. The highest BCUT2D eigenvalue weighted by molar-refractivity contribution is 6.89. The molecule has 2 atom stereocenters. The topological polar surface area (TPSA) is 29.5 Å². The predicted molar refractivity (Wildman–Crippen MR) is 152 cm³/mol. The van der Waals surface area contributed by atoms with Gasteiger partial charge in [-0.2, -0.15) is 0 Å². The fourth-order valence-electron chi connectivity index (χ4n) is 5.41. The Morgan fingerprint density at radius 2 is 1.23 bits per heavy atom. The summed E-state index contributed by atoms with van der Waals surface area (Å²) in [5.74, 6) is 0. The molecule has 3 aromatic carbocycles. The van der Waals surface area contributed by atoms with Crippen LogP contribution in [0.2, 0.25) is 11.1 Å². The van der Waals surface area contributed by atoms with Crippen molar-refractivity contribution in [1.29, 1.82) is 0 Å². The van der Waals surface area contributed by atoms with E-state index in [1.54, 1.807) is 0 Å². The van der Waals surface area contributed by atoms with Crippen molar-refractivity contribution >= 4 is 13.5 Å². The normalized spacial score (nSPS) is 14.9. The molecule has 35 heavy (non-hydrogen) atoms. The van der Waals surface area contributed by atoms with Crippen molar-refractivity contribution in [3.8, 4) is 0 Å². The largest absolute Gasteiger partial charge is 0.398 e. The van der Waals surface area contributed by atoms with Gasteiger partial charge in [-0.3, -0.25) is 0 Å². The van der Waals surface area contributed by atoms with E-state index in [0.29, 0.717) is 6.42 Å².